The highest BCUT2D eigenvalue weighted by molar-refractivity contribution is 5.74. The van der Waals surface area contributed by atoms with Gasteiger partial charge in [-0.3, -0.25) is 0 Å². The Kier molecular flexibility index (Phi) is 3.61. The molecule has 1 aliphatic carbocycles. The summed E-state index contributed by atoms with van der Waals surface area (Å²) in [6.45, 7) is 6.81. The highest BCUT2D eigenvalue weighted by Crippen LogP contribution is 2.37. The van der Waals surface area contributed by atoms with Crippen LogP contribution in [0.2, 0.25) is 0 Å². The van der Waals surface area contributed by atoms with Crippen molar-refractivity contribution < 1.29 is 4.79 Å². The van der Waals surface area contributed by atoms with Crippen LogP contribution in [0.4, 0.5) is 4.79 Å². The summed E-state index contributed by atoms with van der Waals surface area (Å²) in [5.41, 5.74) is 0. The minimum absolute atomic E-state index is 0.0601. The predicted molar refractivity (Wildman–Crippen MR) is 68.9 cm³/mol. The van der Waals surface area contributed by atoms with Gasteiger partial charge in [-0.2, -0.15) is 0 Å². The Morgan fingerprint density at radius 3 is 2.18 bits per heavy atom. The van der Waals surface area contributed by atoms with Crippen molar-refractivity contribution in [1.29, 1.82) is 0 Å². The first-order valence-electron chi connectivity index (χ1n) is 6.71. The standard InChI is InChI=1S/C13H25N3O/c1-9(2)16-7-10-5-6-11(8-16)12(10)14-13(17)15(3)4/h9-12H,5-8H2,1-4H3,(H,14,17)/t10-,11+,12-. The van der Waals surface area contributed by atoms with Crippen molar-refractivity contribution in [3.63, 3.8) is 0 Å². The molecule has 0 aromatic rings. The molecule has 0 unspecified atom stereocenters. The third kappa shape index (κ3) is 2.57. The molecular weight excluding hydrogens is 214 g/mol. The largest absolute Gasteiger partial charge is 0.335 e. The van der Waals surface area contributed by atoms with Crippen molar-refractivity contribution in [2.75, 3.05) is 27.2 Å². The zero-order valence-electron chi connectivity index (χ0n) is 11.4. The highest BCUT2D eigenvalue weighted by atomic mass is 16.2. The molecule has 2 bridgehead atoms. The number of urea groups is 1. The summed E-state index contributed by atoms with van der Waals surface area (Å²) < 4.78 is 0. The molecule has 1 saturated carbocycles. The first kappa shape index (κ1) is 12.7. The number of carbonyl (C=O) groups excluding carboxylic acids is 1. The van der Waals surface area contributed by atoms with E-state index in [1.807, 2.05) is 0 Å². The minimum atomic E-state index is 0.0601. The number of likely N-dealkylation sites (tertiary alicyclic amines) is 1. The van der Waals surface area contributed by atoms with Crippen LogP contribution in [0.15, 0.2) is 0 Å². The quantitative estimate of drug-likeness (QED) is 0.790. The van der Waals surface area contributed by atoms with Gasteiger partial charge in [0.1, 0.15) is 0 Å². The van der Waals surface area contributed by atoms with Crippen molar-refractivity contribution in [3.05, 3.63) is 0 Å². The number of hydrogen-bond donors (Lipinski definition) is 1. The molecule has 0 radical (unpaired) electrons. The zero-order valence-corrected chi connectivity index (χ0v) is 11.4. The number of amides is 2. The molecule has 2 aliphatic rings. The van der Waals surface area contributed by atoms with E-state index >= 15 is 0 Å². The lowest BCUT2D eigenvalue weighted by Crippen LogP contribution is -2.55. The molecule has 4 heteroatoms. The number of hydrogen-bond acceptors (Lipinski definition) is 2. The molecule has 0 spiro atoms. The van der Waals surface area contributed by atoms with Crippen LogP contribution in [0.5, 0.6) is 0 Å². The van der Waals surface area contributed by atoms with Crippen LogP contribution in [0.3, 0.4) is 0 Å². The van der Waals surface area contributed by atoms with Crippen LogP contribution >= 0.6 is 0 Å². The fraction of sp³-hybridized carbons (Fsp3) is 0.923. The van der Waals surface area contributed by atoms with Crippen molar-refractivity contribution >= 4 is 6.03 Å². The van der Waals surface area contributed by atoms with Gasteiger partial charge in [-0.05, 0) is 38.5 Å². The molecule has 1 aliphatic heterocycles. The molecule has 17 heavy (non-hydrogen) atoms. The van der Waals surface area contributed by atoms with E-state index in [9.17, 15) is 4.79 Å². The van der Waals surface area contributed by atoms with Gasteiger partial charge in [0.05, 0.1) is 0 Å². The Morgan fingerprint density at radius 1 is 1.24 bits per heavy atom. The van der Waals surface area contributed by atoms with Gasteiger partial charge < -0.3 is 15.1 Å². The Hall–Kier alpha value is -0.770. The summed E-state index contributed by atoms with van der Waals surface area (Å²) in [4.78, 5) is 15.9. The lowest BCUT2D eigenvalue weighted by atomic mass is 9.91. The molecule has 98 valence electrons. The lowest BCUT2D eigenvalue weighted by molar-refractivity contribution is 0.102. The maximum atomic E-state index is 11.7. The van der Waals surface area contributed by atoms with Gasteiger partial charge in [0.25, 0.3) is 0 Å². The Bertz CT molecular complexity index is 276. The van der Waals surface area contributed by atoms with E-state index in [2.05, 4.69) is 24.1 Å². The van der Waals surface area contributed by atoms with E-state index < -0.39 is 0 Å². The molecular formula is C13H25N3O. The maximum absolute atomic E-state index is 11.7. The van der Waals surface area contributed by atoms with Crippen molar-refractivity contribution in [1.82, 2.24) is 15.1 Å². The maximum Gasteiger partial charge on any atom is 0.317 e. The summed E-state index contributed by atoms with van der Waals surface area (Å²) in [6, 6.07) is 1.09. The van der Waals surface area contributed by atoms with Gasteiger partial charge in [0.15, 0.2) is 0 Å². The van der Waals surface area contributed by atoms with Crippen LogP contribution in [0.25, 0.3) is 0 Å². The minimum Gasteiger partial charge on any atom is -0.335 e. The smallest absolute Gasteiger partial charge is 0.317 e. The van der Waals surface area contributed by atoms with E-state index in [0.29, 0.717) is 23.9 Å². The monoisotopic (exact) mass is 239 g/mol. The van der Waals surface area contributed by atoms with Crippen LogP contribution in [0.1, 0.15) is 26.7 Å². The number of nitrogens with zero attached hydrogens (tertiary/aromatic N) is 2. The van der Waals surface area contributed by atoms with Crippen molar-refractivity contribution in [2.45, 2.75) is 38.8 Å². The summed E-state index contributed by atoms with van der Waals surface area (Å²) in [5.74, 6) is 1.31. The predicted octanol–water partition coefficient (Wildman–Crippen LogP) is 1.38. The molecule has 2 fully saturated rings. The van der Waals surface area contributed by atoms with Gasteiger partial charge in [-0.25, -0.2) is 4.79 Å². The Labute approximate surface area is 104 Å². The van der Waals surface area contributed by atoms with Gasteiger partial charge in [0, 0.05) is 39.3 Å². The van der Waals surface area contributed by atoms with Gasteiger partial charge in [0.2, 0.25) is 0 Å². The first-order chi connectivity index (χ1) is 7.99. The third-order valence-electron chi connectivity index (χ3n) is 4.29. The number of nitrogens with one attached hydrogen (secondary N) is 1. The van der Waals surface area contributed by atoms with Crippen molar-refractivity contribution in [2.24, 2.45) is 11.8 Å². The molecule has 0 aromatic heterocycles. The lowest BCUT2D eigenvalue weighted by Gasteiger charge is -2.40. The molecule has 2 rings (SSSR count). The number of rotatable bonds is 2. The normalized spacial score (nSPS) is 32.9. The number of piperidine rings is 1. The molecule has 2 amide bonds. The van der Waals surface area contributed by atoms with Gasteiger partial charge in [-0.1, -0.05) is 0 Å². The van der Waals surface area contributed by atoms with E-state index in [1.54, 1.807) is 19.0 Å². The second-order valence-corrected chi connectivity index (χ2v) is 6.01. The van der Waals surface area contributed by atoms with Crippen LogP contribution in [-0.2, 0) is 0 Å². The molecule has 3 atom stereocenters. The Morgan fingerprint density at radius 2 is 1.76 bits per heavy atom. The summed E-state index contributed by atoms with van der Waals surface area (Å²) in [5, 5.41) is 3.20. The van der Waals surface area contributed by atoms with Gasteiger partial charge in [-0.15, -0.1) is 0 Å². The number of carbonyl (C=O) groups is 1. The summed E-state index contributed by atoms with van der Waals surface area (Å²) in [6.07, 6.45) is 2.54. The third-order valence-corrected chi connectivity index (χ3v) is 4.29. The second-order valence-electron chi connectivity index (χ2n) is 6.01. The molecule has 1 heterocycles. The molecule has 4 nitrogen and oxygen atoms in total. The number of fused-ring (bicyclic) bond motifs is 2. The van der Waals surface area contributed by atoms with Crippen LogP contribution < -0.4 is 5.32 Å². The Balaban J connectivity index is 1.97. The topological polar surface area (TPSA) is 35.6 Å². The zero-order chi connectivity index (χ0) is 12.6. The average Bonchev–Trinajstić information content (AvgIpc) is 2.50. The first-order valence-corrected chi connectivity index (χ1v) is 6.71. The molecule has 0 aromatic carbocycles. The highest BCUT2D eigenvalue weighted by Gasteiger charge is 2.43. The van der Waals surface area contributed by atoms with E-state index in [-0.39, 0.29) is 6.03 Å². The second kappa shape index (κ2) is 4.84. The molecule has 1 saturated heterocycles. The molecule has 1 N–H and O–H groups in total. The van der Waals surface area contributed by atoms with Crippen LogP contribution in [0, 0.1) is 11.8 Å². The fourth-order valence-corrected chi connectivity index (χ4v) is 3.19. The van der Waals surface area contributed by atoms with E-state index in [0.717, 1.165) is 13.1 Å². The van der Waals surface area contributed by atoms with Crippen LogP contribution in [-0.4, -0.2) is 55.1 Å². The van der Waals surface area contributed by atoms with Gasteiger partial charge >= 0.3 is 6.03 Å². The van der Waals surface area contributed by atoms with E-state index in [1.165, 1.54) is 12.8 Å². The van der Waals surface area contributed by atoms with Crippen molar-refractivity contribution in [3.8, 4) is 0 Å². The summed E-state index contributed by atoms with van der Waals surface area (Å²) in [7, 11) is 3.61. The fourth-order valence-electron chi connectivity index (χ4n) is 3.19. The van der Waals surface area contributed by atoms with E-state index in [4.69, 9.17) is 0 Å². The summed E-state index contributed by atoms with van der Waals surface area (Å²) >= 11 is 0. The SMILES string of the molecule is CC(C)N1C[C@H]2CC[C@@H](C1)[C@@H]2NC(=O)N(C)C. The average molecular weight is 239 g/mol.